The number of fused-ring (bicyclic) bond motifs is 1. The fourth-order valence-electron chi connectivity index (χ4n) is 5.42. The lowest BCUT2D eigenvalue weighted by atomic mass is 9.98. The number of hydrogen-bond acceptors (Lipinski definition) is 7. The minimum atomic E-state index is -4.72. The Morgan fingerprint density at radius 2 is 1.78 bits per heavy atom. The summed E-state index contributed by atoms with van der Waals surface area (Å²) in [5.74, 6) is 0.303. The number of carbonyl (C=O) groups excluding carboxylic acids is 3. The third kappa shape index (κ3) is 7.21. The highest BCUT2D eigenvalue weighted by Crippen LogP contribution is 2.43. The van der Waals surface area contributed by atoms with Gasteiger partial charge in [0.1, 0.15) is 12.4 Å². The summed E-state index contributed by atoms with van der Waals surface area (Å²) >= 11 is 0. The van der Waals surface area contributed by atoms with Crippen LogP contribution in [0.4, 0.5) is 33.5 Å². The number of likely N-dealkylation sites (tertiary alicyclic amines) is 1. The van der Waals surface area contributed by atoms with Gasteiger partial charge in [-0.05, 0) is 30.8 Å². The first-order valence-electron chi connectivity index (χ1n) is 14.6. The number of aromatic nitrogens is 3. The lowest BCUT2D eigenvalue weighted by molar-refractivity contribution is -0.128. The average Bonchev–Trinajstić information content (AvgIpc) is 3.34. The van der Waals surface area contributed by atoms with Gasteiger partial charge in [-0.2, -0.15) is 13.2 Å². The van der Waals surface area contributed by atoms with Crippen LogP contribution < -0.4 is 16.4 Å². The van der Waals surface area contributed by atoms with Gasteiger partial charge in [0.2, 0.25) is 0 Å². The second kappa shape index (κ2) is 13.4. The third-order valence-electron chi connectivity index (χ3n) is 7.91. The smallest absolute Gasteiger partial charge is 0.383 e. The van der Waals surface area contributed by atoms with Crippen molar-refractivity contribution in [1.82, 2.24) is 29.7 Å². The van der Waals surface area contributed by atoms with Crippen LogP contribution in [0.15, 0.2) is 55.1 Å². The van der Waals surface area contributed by atoms with Crippen molar-refractivity contribution in [2.45, 2.75) is 12.2 Å². The molecule has 4 aromatic rings. The van der Waals surface area contributed by atoms with Gasteiger partial charge in [-0.15, -0.1) is 0 Å². The van der Waals surface area contributed by atoms with Crippen LogP contribution in [0, 0.1) is 17.7 Å². The summed E-state index contributed by atoms with van der Waals surface area (Å²) in [6.45, 7) is 2.70. The molecule has 4 N–H and O–H groups in total. The van der Waals surface area contributed by atoms with Crippen LogP contribution in [0.2, 0.25) is 0 Å². The van der Waals surface area contributed by atoms with Crippen molar-refractivity contribution < 1.29 is 36.3 Å². The van der Waals surface area contributed by atoms with Crippen molar-refractivity contribution in [3.63, 3.8) is 0 Å². The molecule has 4 heterocycles. The zero-order valence-electron chi connectivity index (χ0n) is 26.4. The van der Waals surface area contributed by atoms with E-state index >= 15 is 4.39 Å². The molecule has 0 unspecified atom stereocenters. The molecule has 0 spiro atoms. The van der Waals surface area contributed by atoms with Crippen molar-refractivity contribution in [2.24, 2.45) is 7.05 Å². The number of aryl methyl sites for hydroxylation is 1. The minimum absolute atomic E-state index is 0.00361. The van der Waals surface area contributed by atoms with Crippen LogP contribution in [0.3, 0.4) is 0 Å². The monoisotopic (exact) mass is 680 g/mol. The summed E-state index contributed by atoms with van der Waals surface area (Å²) in [5, 5.41) is 4.23. The fourth-order valence-corrected chi connectivity index (χ4v) is 5.42. The Labute approximate surface area is 276 Å². The Bertz CT molecular complexity index is 2060. The number of amides is 3. The maximum Gasteiger partial charge on any atom is 0.405 e. The summed E-state index contributed by atoms with van der Waals surface area (Å²) in [6, 6.07) is 7.08. The molecule has 1 aliphatic rings. The van der Waals surface area contributed by atoms with Crippen LogP contribution in [-0.4, -0.2) is 88.0 Å². The Morgan fingerprint density at radius 1 is 1.10 bits per heavy atom. The van der Waals surface area contributed by atoms with Gasteiger partial charge < -0.3 is 30.7 Å². The number of benzene rings is 1. The fraction of sp³-hybridized carbons (Fsp3) is 0.242. The van der Waals surface area contributed by atoms with Crippen molar-refractivity contribution in [2.75, 3.05) is 44.8 Å². The average molecular weight is 681 g/mol. The largest absolute Gasteiger partial charge is 0.405 e. The first kappa shape index (κ1) is 34.5. The Hall–Kier alpha value is -5.82. The first-order valence-corrected chi connectivity index (χ1v) is 14.6. The summed E-state index contributed by atoms with van der Waals surface area (Å²) in [7, 11) is 5.26. The van der Waals surface area contributed by atoms with E-state index in [1.54, 1.807) is 41.0 Å². The SMILES string of the molecule is C=C(F)C(=O)Nc1ccc(-c2c(-c3cnc(C(=O)NCC(F)(F)F)c(F)c3)c3c(N)ncc(C#CC(=O)N(C)C4CN(C)C4)c3n2C)cc1. The maximum absolute atomic E-state index is 15.4. The van der Waals surface area contributed by atoms with Gasteiger partial charge in [-0.3, -0.25) is 14.4 Å². The third-order valence-corrected chi connectivity index (χ3v) is 7.91. The van der Waals surface area contributed by atoms with Gasteiger partial charge in [0, 0.05) is 62.3 Å². The number of halogens is 5. The Kier molecular flexibility index (Phi) is 9.41. The molecule has 49 heavy (non-hydrogen) atoms. The van der Waals surface area contributed by atoms with E-state index in [2.05, 4.69) is 38.6 Å². The van der Waals surface area contributed by atoms with Gasteiger partial charge in [0.25, 0.3) is 17.7 Å². The van der Waals surface area contributed by atoms with E-state index in [9.17, 15) is 31.9 Å². The molecule has 0 atom stereocenters. The zero-order valence-corrected chi connectivity index (χ0v) is 26.4. The molecule has 1 aliphatic heterocycles. The molecular formula is C33H29F5N8O3. The molecule has 1 aromatic carbocycles. The molecule has 5 rings (SSSR count). The van der Waals surface area contributed by atoms with E-state index in [1.807, 2.05) is 7.05 Å². The number of hydrogen-bond donors (Lipinski definition) is 3. The number of alkyl halides is 3. The van der Waals surface area contributed by atoms with E-state index in [-0.39, 0.29) is 34.1 Å². The summed E-state index contributed by atoms with van der Waals surface area (Å²) < 4.78 is 68.3. The zero-order chi connectivity index (χ0) is 35.8. The summed E-state index contributed by atoms with van der Waals surface area (Å²) in [4.78, 5) is 48.7. The van der Waals surface area contributed by atoms with Crippen LogP contribution in [-0.2, 0) is 16.6 Å². The molecule has 0 radical (unpaired) electrons. The molecule has 3 aromatic heterocycles. The topological polar surface area (TPSA) is 138 Å². The predicted molar refractivity (Wildman–Crippen MR) is 172 cm³/mol. The highest BCUT2D eigenvalue weighted by atomic mass is 19.4. The molecule has 0 aliphatic carbocycles. The predicted octanol–water partition coefficient (Wildman–Crippen LogP) is 3.86. The summed E-state index contributed by atoms with van der Waals surface area (Å²) in [6.07, 6.45) is -2.23. The van der Waals surface area contributed by atoms with Gasteiger partial charge in [-0.1, -0.05) is 24.6 Å². The Morgan fingerprint density at radius 3 is 2.37 bits per heavy atom. The van der Waals surface area contributed by atoms with Crippen molar-refractivity contribution in [3.05, 3.63) is 72.2 Å². The van der Waals surface area contributed by atoms with Gasteiger partial charge in [0.05, 0.1) is 28.2 Å². The number of anilines is 2. The lowest BCUT2D eigenvalue weighted by Crippen LogP contribution is -2.57. The number of pyridine rings is 2. The quantitative estimate of drug-likeness (QED) is 0.153. The Balaban J connectivity index is 1.65. The van der Waals surface area contributed by atoms with Crippen LogP contribution in [0.25, 0.3) is 33.3 Å². The van der Waals surface area contributed by atoms with E-state index in [1.165, 1.54) is 18.3 Å². The number of carbonyl (C=O) groups is 3. The molecule has 0 saturated carbocycles. The van der Waals surface area contributed by atoms with Crippen molar-refractivity contribution in [3.8, 4) is 34.2 Å². The highest BCUT2D eigenvalue weighted by Gasteiger charge is 2.31. The standard InChI is InChI=1S/C33H29F5N8O3/c1-17(34)31(48)43-21-8-5-18(6-9-21)28-25(20-11-23(35)27(40-13-20)32(49)42-16-33(36,37)38)26-29(46(28)4)19(12-41-30(26)39)7-10-24(47)45(3)22-14-44(2)15-22/h5-6,8-9,11-13,22H,1,14-16H2,2-4H3,(H2,39,41)(H,42,49)(H,43,48). The van der Waals surface area contributed by atoms with E-state index in [4.69, 9.17) is 5.73 Å². The molecule has 1 fully saturated rings. The maximum atomic E-state index is 15.4. The molecular weight excluding hydrogens is 651 g/mol. The van der Waals surface area contributed by atoms with Gasteiger partial charge >= 0.3 is 6.18 Å². The number of nitrogens with two attached hydrogens (primary N) is 1. The number of nitrogens with zero attached hydrogens (tertiary/aromatic N) is 5. The molecule has 3 amide bonds. The second-order valence-corrected chi connectivity index (χ2v) is 11.4. The first-order chi connectivity index (χ1) is 23.1. The second-order valence-electron chi connectivity index (χ2n) is 11.4. The molecule has 11 nitrogen and oxygen atoms in total. The van der Waals surface area contributed by atoms with Crippen LogP contribution >= 0.6 is 0 Å². The minimum Gasteiger partial charge on any atom is -0.383 e. The molecule has 16 heteroatoms. The molecule has 0 bridgehead atoms. The summed E-state index contributed by atoms with van der Waals surface area (Å²) in [5.41, 5.74) is 7.71. The van der Waals surface area contributed by atoms with Gasteiger partial charge in [0.15, 0.2) is 17.3 Å². The van der Waals surface area contributed by atoms with Crippen LogP contribution in [0.5, 0.6) is 0 Å². The molecule has 1 saturated heterocycles. The number of likely N-dealkylation sites (N-methyl/N-ethyl adjacent to an activating group) is 2. The van der Waals surface area contributed by atoms with Crippen LogP contribution in [0.1, 0.15) is 16.1 Å². The normalized spacial score (nSPS) is 13.3. The number of nitrogen functional groups attached to an aromatic ring is 1. The van der Waals surface area contributed by atoms with E-state index in [0.717, 1.165) is 12.3 Å². The molecule has 254 valence electrons. The van der Waals surface area contributed by atoms with Crippen molar-refractivity contribution in [1.29, 1.82) is 0 Å². The lowest BCUT2D eigenvalue weighted by Gasteiger charge is -2.41. The highest BCUT2D eigenvalue weighted by molar-refractivity contribution is 6.11. The van der Waals surface area contributed by atoms with Crippen molar-refractivity contribution >= 4 is 40.1 Å². The van der Waals surface area contributed by atoms with Gasteiger partial charge in [-0.25, -0.2) is 18.7 Å². The van der Waals surface area contributed by atoms with E-state index in [0.29, 0.717) is 35.4 Å². The number of nitrogens with one attached hydrogen (secondary N) is 2. The van der Waals surface area contributed by atoms with E-state index < -0.39 is 47.8 Å². The number of rotatable bonds is 7.